The van der Waals surface area contributed by atoms with Gasteiger partial charge in [-0.3, -0.25) is 0 Å². The molecule has 1 aromatic heterocycles. The van der Waals surface area contributed by atoms with Gasteiger partial charge in [-0.15, -0.1) is 0 Å². The molecule has 1 aliphatic carbocycles. The first-order valence-corrected chi connectivity index (χ1v) is 5.98. The van der Waals surface area contributed by atoms with Crippen LogP contribution in [0.5, 0.6) is 0 Å². The van der Waals surface area contributed by atoms with Gasteiger partial charge in [-0.2, -0.15) is 0 Å². The minimum Gasteiger partial charge on any atom is -0.338 e. The molecule has 88 valence electrons. The third-order valence-electron chi connectivity index (χ3n) is 3.63. The van der Waals surface area contributed by atoms with Gasteiger partial charge in [0.15, 0.2) is 0 Å². The molecule has 0 spiro atoms. The van der Waals surface area contributed by atoms with Crippen molar-refractivity contribution in [2.75, 3.05) is 0 Å². The number of benzene rings is 1. The Bertz CT molecular complexity index is 517. The van der Waals surface area contributed by atoms with Crippen molar-refractivity contribution in [2.45, 2.75) is 24.8 Å². The second-order valence-electron chi connectivity index (χ2n) is 5.12. The van der Waals surface area contributed by atoms with Gasteiger partial charge in [-0.1, -0.05) is 24.3 Å². The van der Waals surface area contributed by atoms with Crippen molar-refractivity contribution in [3.8, 4) is 0 Å². The number of nitrogens with two attached hydrogens (primary N) is 1. The topological polar surface area (TPSA) is 43.8 Å². The predicted molar refractivity (Wildman–Crippen MR) is 67.7 cm³/mol. The standard InChI is InChI=1S/C14H17N3/c1-17-7-6-16-13(17)10-14(15)8-11-4-2-3-5-12(11)9-14/h2-7H,8-10,15H2,1H3. The Labute approximate surface area is 101 Å². The number of rotatable bonds is 2. The number of aromatic nitrogens is 2. The highest BCUT2D eigenvalue weighted by atomic mass is 15.0. The number of imidazole rings is 1. The monoisotopic (exact) mass is 227 g/mol. The molecule has 0 fully saturated rings. The van der Waals surface area contributed by atoms with Crippen LogP contribution in [0, 0.1) is 0 Å². The van der Waals surface area contributed by atoms with Crippen LogP contribution in [0.25, 0.3) is 0 Å². The van der Waals surface area contributed by atoms with E-state index in [1.807, 2.05) is 19.4 Å². The van der Waals surface area contributed by atoms with Crippen LogP contribution in [0.2, 0.25) is 0 Å². The van der Waals surface area contributed by atoms with E-state index >= 15 is 0 Å². The number of hydrogen-bond donors (Lipinski definition) is 1. The molecule has 0 amide bonds. The van der Waals surface area contributed by atoms with Crippen molar-refractivity contribution in [2.24, 2.45) is 12.8 Å². The van der Waals surface area contributed by atoms with Crippen LogP contribution < -0.4 is 5.73 Å². The van der Waals surface area contributed by atoms with Gasteiger partial charge in [0, 0.05) is 31.4 Å². The maximum atomic E-state index is 6.52. The van der Waals surface area contributed by atoms with Gasteiger partial charge in [0.2, 0.25) is 0 Å². The second kappa shape index (κ2) is 3.70. The van der Waals surface area contributed by atoms with Crippen molar-refractivity contribution in [3.63, 3.8) is 0 Å². The predicted octanol–water partition coefficient (Wildman–Crippen LogP) is 1.46. The summed E-state index contributed by atoms with van der Waals surface area (Å²) in [7, 11) is 2.02. The SMILES string of the molecule is Cn1ccnc1CC1(N)Cc2ccccc2C1. The molecule has 2 aromatic rings. The van der Waals surface area contributed by atoms with Crippen molar-refractivity contribution in [1.29, 1.82) is 0 Å². The highest BCUT2D eigenvalue weighted by molar-refractivity contribution is 5.36. The van der Waals surface area contributed by atoms with E-state index in [4.69, 9.17) is 5.73 Å². The van der Waals surface area contributed by atoms with E-state index in [0.717, 1.165) is 25.1 Å². The molecule has 17 heavy (non-hydrogen) atoms. The lowest BCUT2D eigenvalue weighted by atomic mass is 9.92. The molecule has 0 saturated heterocycles. The number of hydrogen-bond acceptors (Lipinski definition) is 2. The van der Waals surface area contributed by atoms with E-state index in [2.05, 4.69) is 33.8 Å². The normalized spacial score (nSPS) is 17.1. The van der Waals surface area contributed by atoms with E-state index < -0.39 is 0 Å². The highest BCUT2D eigenvalue weighted by Crippen LogP contribution is 2.30. The molecule has 0 aliphatic heterocycles. The second-order valence-corrected chi connectivity index (χ2v) is 5.12. The molecule has 1 aliphatic rings. The van der Waals surface area contributed by atoms with Crippen LogP contribution >= 0.6 is 0 Å². The number of fused-ring (bicyclic) bond motifs is 1. The fourth-order valence-electron chi connectivity index (χ4n) is 2.73. The summed E-state index contributed by atoms with van der Waals surface area (Å²) in [6, 6.07) is 8.54. The summed E-state index contributed by atoms with van der Waals surface area (Å²) in [5.41, 5.74) is 9.14. The van der Waals surface area contributed by atoms with E-state index in [1.54, 1.807) is 0 Å². The molecule has 0 bridgehead atoms. The number of aryl methyl sites for hydroxylation is 1. The molecule has 1 aromatic carbocycles. The fourth-order valence-corrected chi connectivity index (χ4v) is 2.73. The molecule has 0 unspecified atom stereocenters. The lowest BCUT2D eigenvalue weighted by Gasteiger charge is -2.23. The van der Waals surface area contributed by atoms with E-state index in [9.17, 15) is 0 Å². The van der Waals surface area contributed by atoms with Gasteiger partial charge in [0.1, 0.15) is 5.82 Å². The van der Waals surface area contributed by atoms with Gasteiger partial charge < -0.3 is 10.3 Å². The molecule has 0 atom stereocenters. The Morgan fingerprint density at radius 1 is 1.29 bits per heavy atom. The molecular formula is C14H17N3. The fraction of sp³-hybridized carbons (Fsp3) is 0.357. The Morgan fingerprint density at radius 3 is 2.47 bits per heavy atom. The maximum absolute atomic E-state index is 6.52. The molecular weight excluding hydrogens is 210 g/mol. The summed E-state index contributed by atoms with van der Waals surface area (Å²) in [5.74, 6) is 1.07. The average molecular weight is 227 g/mol. The van der Waals surface area contributed by atoms with Gasteiger partial charge in [-0.25, -0.2) is 4.98 Å². The molecule has 3 rings (SSSR count). The largest absolute Gasteiger partial charge is 0.338 e. The van der Waals surface area contributed by atoms with Gasteiger partial charge >= 0.3 is 0 Å². The quantitative estimate of drug-likeness (QED) is 0.844. The molecule has 1 heterocycles. The first-order valence-electron chi connectivity index (χ1n) is 5.98. The maximum Gasteiger partial charge on any atom is 0.110 e. The van der Waals surface area contributed by atoms with Crippen LogP contribution in [-0.4, -0.2) is 15.1 Å². The van der Waals surface area contributed by atoms with Gasteiger partial charge in [-0.05, 0) is 24.0 Å². The third-order valence-corrected chi connectivity index (χ3v) is 3.63. The minimum absolute atomic E-state index is 0.164. The summed E-state index contributed by atoms with van der Waals surface area (Å²) in [6.45, 7) is 0. The molecule has 3 nitrogen and oxygen atoms in total. The van der Waals surface area contributed by atoms with Gasteiger partial charge in [0.05, 0.1) is 0 Å². The summed E-state index contributed by atoms with van der Waals surface area (Å²) in [5, 5.41) is 0. The Kier molecular flexibility index (Phi) is 2.30. The first-order chi connectivity index (χ1) is 8.16. The van der Waals surface area contributed by atoms with Crippen LogP contribution in [0.3, 0.4) is 0 Å². The van der Waals surface area contributed by atoms with Crippen molar-refractivity contribution in [3.05, 3.63) is 53.6 Å². The minimum atomic E-state index is -0.164. The van der Waals surface area contributed by atoms with Crippen LogP contribution in [0.1, 0.15) is 17.0 Å². The van der Waals surface area contributed by atoms with Crippen LogP contribution in [0.15, 0.2) is 36.7 Å². The Balaban J connectivity index is 1.84. The van der Waals surface area contributed by atoms with Crippen LogP contribution in [-0.2, 0) is 26.3 Å². The third kappa shape index (κ3) is 1.87. The molecule has 0 radical (unpaired) electrons. The van der Waals surface area contributed by atoms with Crippen LogP contribution in [0.4, 0.5) is 0 Å². The summed E-state index contributed by atoms with van der Waals surface area (Å²) < 4.78 is 2.05. The average Bonchev–Trinajstić information content (AvgIpc) is 2.82. The Hall–Kier alpha value is -1.61. The van der Waals surface area contributed by atoms with E-state index in [-0.39, 0.29) is 5.54 Å². The molecule has 3 heteroatoms. The lowest BCUT2D eigenvalue weighted by Crippen LogP contribution is -2.43. The van der Waals surface area contributed by atoms with E-state index in [1.165, 1.54) is 11.1 Å². The summed E-state index contributed by atoms with van der Waals surface area (Å²) in [4.78, 5) is 4.37. The first kappa shape index (κ1) is 10.5. The lowest BCUT2D eigenvalue weighted by molar-refractivity contribution is 0.430. The Morgan fingerprint density at radius 2 is 1.94 bits per heavy atom. The van der Waals surface area contributed by atoms with E-state index in [0.29, 0.717) is 0 Å². The smallest absolute Gasteiger partial charge is 0.110 e. The van der Waals surface area contributed by atoms with Crippen molar-refractivity contribution >= 4 is 0 Å². The zero-order valence-corrected chi connectivity index (χ0v) is 10.1. The van der Waals surface area contributed by atoms with Crippen molar-refractivity contribution < 1.29 is 0 Å². The molecule has 2 N–H and O–H groups in total. The van der Waals surface area contributed by atoms with Crippen molar-refractivity contribution in [1.82, 2.24) is 9.55 Å². The van der Waals surface area contributed by atoms with Gasteiger partial charge in [0.25, 0.3) is 0 Å². The zero-order chi connectivity index (χ0) is 11.9. The molecule has 0 saturated carbocycles. The summed E-state index contributed by atoms with van der Waals surface area (Å²) in [6.07, 6.45) is 6.55. The number of nitrogens with zero attached hydrogens (tertiary/aromatic N) is 2. The summed E-state index contributed by atoms with van der Waals surface area (Å²) >= 11 is 0. The zero-order valence-electron chi connectivity index (χ0n) is 10.1. The highest BCUT2D eigenvalue weighted by Gasteiger charge is 2.34.